The normalized spacial score (nSPS) is 12.9. The SMILES string of the molecule is CCCCCSC(C)C(=O)O. The van der Waals surface area contributed by atoms with E-state index < -0.39 is 5.97 Å². The first-order chi connectivity index (χ1) is 5.18. The molecule has 0 radical (unpaired) electrons. The van der Waals surface area contributed by atoms with E-state index in [-0.39, 0.29) is 5.25 Å². The zero-order chi connectivity index (χ0) is 8.69. The molecule has 1 atom stereocenters. The number of carboxylic acid groups (broad SMARTS) is 1. The average molecular weight is 176 g/mol. The smallest absolute Gasteiger partial charge is 0.316 e. The highest BCUT2D eigenvalue weighted by atomic mass is 32.2. The number of thioether (sulfide) groups is 1. The summed E-state index contributed by atoms with van der Waals surface area (Å²) in [6.07, 6.45) is 3.54. The molecule has 2 nitrogen and oxygen atoms in total. The number of rotatable bonds is 6. The molecule has 1 unspecified atom stereocenters. The summed E-state index contributed by atoms with van der Waals surface area (Å²) >= 11 is 1.52. The average Bonchev–Trinajstić information content (AvgIpc) is 1.97. The molecule has 0 aromatic rings. The van der Waals surface area contributed by atoms with Gasteiger partial charge in [-0.05, 0) is 19.1 Å². The van der Waals surface area contributed by atoms with Crippen molar-refractivity contribution in [2.45, 2.75) is 38.4 Å². The summed E-state index contributed by atoms with van der Waals surface area (Å²) < 4.78 is 0. The molecule has 0 aliphatic carbocycles. The van der Waals surface area contributed by atoms with Crippen LogP contribution in [0.4, 0.5) is 0 Å². The molecule has 0 aromatic heterocycles. The van der Waals surface area contributed by atoms with Crippen LogP contribution in [0.5, 0.6) is 0 Å². The Kier molecular flexibility index (Phi) is 6.42. The van der Waals surface area contributed by atoms with Crippen molar-refractivity contribution in [1.29, 1.82) is 0 Å². The van der Waals surface area contributed by atoms with Gasteiger partial charge in [0, 0.05) is 0 Å². The predicted octanol–water partition coefficient (Wildman–Crippen LogP) is 2.38. The Bertz CT molecular complexity index is 115. The van der Waals surface area contributed by atoms with Crippen LogP contribution in [0.1, 0.15) is 33.1 Å². The second kappa shape index (κ2) is 6.53. The predicted molar refractivity (Wildman–Crippen MR) is 49.1 cm³/mol. The molecule has 0 saturated carbocycles. The molecule has 0 spiro atoms. The van der Waals surface area contributed by atoms with E-state index >= 15 is 0 Å². The van der Waals surface area contributed by atoms with E-state index in [1.54, 1.807) is 6.92 Å². The van der Waals surface area contributed by atoms with Crippen molar-refractivity contribution in [2.75, 3.05) is 5.75 Å². The highest BCUT2D eigenvalue weighted by molar-refractivity contribution is 8.00. The molecule has 11 heavy (non-hydrogen) atoms. The summed E-state index contributed by atoms with van der Waals surface area (Å²) in [7, 11) is 0. The highest BCUT2D eigenvalue weighted by Gasteiger charge is 2.09. The standard InChI is InChI=1S/C8H16O2S/c1-3-4-5-6-11-7(2)8(9)10/h7H,3-6H2,1-2H3,(H,9,10). The van der Waals surface area contributed by atoms with Crippen molar-refractivity contribution >= 4 is 17.7 Å². The second-order valence-corrected chi connectivity index (χ2v) is 4.01. The van der Waals surface area contributed by atoms with E-state index in [9.17, 15) is 4.79 Å². The maximum Gasteiger partial charge on any atom is 0.316 e. The van der Waals surface area contributed by atoms with Crippen LogP contribution in [0.2, 0.25) is 0 Å². The zero-order valence-corrected chi connectivity index (χ0v) is 7.99. The summed E-state index contributed by atoms with van der Waals surface area (Å²) in [5, 5.41) is 8.27. The Labute approximate surface area is 72.4 Å². The van der Waals surface area contributed by atoms with Gasteiger partial charge in [0.25, 0.3) is 0 Å². The number of unbranched alkanes of at least 4 members (excludes halogenated alkanes) is 2. The minimum atomic E-state index is -0.702. The quantitative estimate of drug-likeness (QED) is 0.631. The van der Waals surface area contributed by atoms with Gasteiger partial charge < -0.3 is 5.11 Å². The lowest BCUT2D eigenvalue weighted by Crippen LogP contribution is -2.11. The van der Waals surface area contributed by atoms with E-state index in [1.165, 1.54) is 24.6 Å². The zero-order valence-electron chi connectivity index (χ0n) is 7.17. The number of carbonyl (C=O) groups is 1. The van der Waals surface area contributed by atoms with Crippen molar-refractivity contribution < 1.29 is 9.90 Å². The van der Waals surface area contributed by atoms with Crippen LogP contribution in [-0.4, -0.2) is 22.1 Å². The van der Waals surface area contributed by atoms with Crippen molar-refractivity contribution in [3.63, 3.8) is 0 Å². The van der Waals surface area contributed by atoms with Gasteiger partial charge in [0.1, 0.15) is 0 Å². The topological polar surface area (TPSA) is 37.3 Å². The third-order valence-electron chi connectivity index (χ3n) is 1.46. The third-order valence-corrected chi connectivity index (χ3v) is 2.69. The van der Waals surface area contributed by atoms with Gasteiger partial charge in [-0.1, -0.05) is 19.8 Å². The van der Waals surface area contributed by atoms with E-state index in [2.05, 4.69) is 6.92 Å². The highest BCUT2D eigenvalue weighted by Crippen LogP contribution is 2.12. The van der Waals surface area contributed by atoms with Crippen molar-refractivity contribution in [1.82, 2.24) is 0 Å². The number of hydrogen-bond donors (Lipinski definition) is 1. The largest absolute Gasteiger partial charge is 0.480 e. The molecule has 0 rings (SSSR count). The second-order valence-electron chi connectivity index (χ2n) is 2.56. The number of carboxylic acids is 1. The van der Waals surface area contributed by atoms with Gasteiger partial charge in [-0.25, -0.2) is 0 Å². The van der Waals surface area contributed by atoms with Gasteiger partial charge in [-0.15, -0.1) is 11.8 Å². The fourth-order valence-corrected chi connectivity index (χ4v) is 1.55. The van der Waals surface area contributed by atoms with Crippen LogP contribution in [0, 0.1) is 0 Å². The van der Waals surface area contributed by atoms with Gasteiger partial charge in [0.05, 0.1) is 5.25 Å². The van der Waals surface area contributed by atoms with E-state index in [0.717, 1.165) is 12.2 Å². The van der Waals surface area contributed by atoms with Crippen molar-refractivity contribution in [3.05, 3.63) is 0 Å². The molecular formula is C8H16O2S. The molecule has 0 fully saturated rings. The first kappa shape index (κ1) is 10.8. The fourth-order valence-electron chi connectivity index (χ4n) is 0.683. The minimum Gasteiger partial charge on any atom is -0.480 e. The molecule has 0 heterocycles. The van der Waals surface area contributed by atoms with Crippen LogP contribution in [0.15, 0.2) is 0 Å². The van der Waals surface area contributed by atoms with Crippen LogP contribution in [-0.2, 0) is 4.79 Å². The lowest BCUT2D eigenvalue weighted by atomic mass is 10.3. The van der Waals surface area contributed by atoms with Gasteiger partial charge in [-0.3, -0.25) is 4.79 Å². The van der Waals surface area contributed by atoms with Crippen LogP contribution in [0.25, 0.3) is 0 Å². The number of aliphatic carboxylic acids is 1. The van der Waals surface area contributed by atoms with Gasteiger partial charge in [0.15, 0.2) is 0 Å². The molecule has 0 aliphatic heterocycles. The Morgan fingerprint density at radius 1 is 1.55 bits per heavy atom. The number of hydrogen-bond acceptors (Lipinski definition) is 2. The van der Waals surface area contributed by atoms with Crippen LogP contribution < -0.4 is 0 Å². The fraction of sp³-hybridized carbons (Fsp3) is 0.875. The van der Waals surface area contributed by atoms with E-state index in [1.807, 2.05) is 0 Å². The maximum absolute atomic E-state index is 10.3. The molecule has 66 valence electrons. The summed E-state index contributed by atoms with van der Waals surface area (Å²) in [4.78, 5) is 10.3. The molecule has 0 amide bonds. The van der Waals surface area contributed by atoms with Crippen LogP contribution >= 0.6 is 11.8 Å². The van der Waals surface area contributed by atoms with E-state index in [4.69, 9.17) is 5.11 Å². The monoisotopic (exact) mass is 176 g/mol. The molecule has 0 bridgehead atoms. The maximum atomic E-state index is 10.3. The van der Waals surface area contributed by atoms with Crippen molar-refractivity contribution in [3.8, 4) is 0 Å². The Morgan fingerprint density at radius 2 is 2.18 bits per heavy atom. The van der Waals surface area contributed by atoms with Crippen molar-refractivity contribution in [2.24, 2.45) is 0 Å². The summed E-state index contributed by atoms with van der Waals surface area (Å²) in [5.74, 6) is 0.271. The Hall–Kier alpha value is -0.180. The summed E-state index contributed by atoms with van der Waals surface area (Å²) in [5.41, 5.74) is 0. The summed E-state index contributed by atoms with van der Waals surface area (Å²) in [6.45, 7) is 3.88. The minimum absolute atomic E-state index is 0.244. The molecule has 0 aliphatic rings. The molecule has 0 aromatic carbocycles. The lowest BCUT2D eigenvalue weighted by molar-refractivity contribution is -0.136. The first-order valence-electron chi connectivity index (χ1n) is 4.03. The van der Waals surface area contributed by atoms with E-state index in [0.29, 0.717) is 0 Å². The molecule has 0 saturated heterocycles. The first-order valence-corrected chi connectivity index (χ1v) is 5.07. The lowest BCUT2D eigenvalue weighted by Gasteiger charge is -2.04. The van der Waals surface area contributed by atoms with Gasteiger partial charge in [-0.2, -0.15) is 0 Å². The molecule has 3 heteroatoms. The van der Waals surface area contributed by atoms with Gasteiger partial charge in [0.2, 0.25) is 0 Å². The summed E-state index contributed by atoms with van der Waals surface area (Å²) in [6, 6.07) is 0. The Balaban J connectivity index is 3.17. The van der Waals surface area contributed by atoms with Crippen LogP contribution in [0.3, 0.4) is 0 Å². The Morgan fingerprint density at radius 3 is 2.64 bits per heavy atom. The molecule has 1 N–H and O–H groups in total. The third kappa shape index (κ3) is 6.23. The molecular weight excluding hydrogens is 160 g/mol. The van der Waals surface area contributed by atoms with Gasteiger partial charge >= 0.3 is 5.97 Å².